The van der Waals surface area contributed by atoms with Crippen molar-refractivity contribution in [3.8, 4) is 0 Å². The monoisotopic (exact) mass is 119 g/mol. The van der Waals surface area contributed by atoms with E-state index >= 15 is 0 Å². The maximum absolute atomic E-state index is 3.90. The molecule has 0 saturated heterocycles. The van der Waals surface area contributed by atoms with Crippen molar-refractivity contribution in [3.63, 3.8) is 0 Å². The van der Waals surface area contributed by atoms with Crippen molar-refractivity contribution < 1.29 is 4.52 Å². The number of fused-ring (bicyclic) bond motifs is 1. The molecule has 0 atom stereocenters. The van der Waals surface area contributed by atoms with E-state index in [2.05, 4.69) is 16.3 Å². The Hall–Kier alpha value is -1.38. The van der Waals surface area contributed by atoms with Gasteiger partial charge in [0.15, 0.2) is 6.20 Å². The topological polar surface area (TPSA) is 32.8 Å². The van der Waals surface area contributed by atoms with Crippen molar-refractivity contribution in [1.29, 1.82) is 0 Å². The molecule has 2 rings (SSSR count). The lowest BCUT2D eigenvalue weighted by molar-refractivity contribution is -0.579. The van der Waals surface area contributed by atoms with E-state index in [-0.39, 0.29) is 0 Å². The van der Waals surface area contributed by atoms with Gasteiger partial charge in [-0.15, -0.1) is 4.52 Å². The van der Waals surface area contributed by atoms with Crippen LogP contribution < -0.4 is 4.52 Å². The highest BCUT2D eigenvalue weighted by atomic mass is 15.2. The number of imidazole rings is 1. The van der Waals surface area contributed by atoms with Crippen molar-refractivity contribution >= 4 is 5.65 Å². The summed E-state index contributed by atoms with van der Waals surface area (Å²) >= 11 is 0. The number of nitrogens with one attached hydrogen (secondary N) is 1. The molecule has 0 fully saturated rings. The quantitative estimate of drug-likeness (QED) is 0.484. The molecule has 2 heterocycles. The summed E-state index contributed by atoms with van der Waals surface area (Å²) in [6.45, 7) is 0. The first-order chi connectivity index (χ1) is 4.47. The van der Waals surface area contributed by atoms with E-state index in [1.54, 1.807) is 10.6 Å². The van der Waals surface area contributed by atoms with Gasteiger partial charge >= 0.3 is 5.65 Å². The fraction of sp³-hybridized carbons (Fsp3) is 0. The van der Waals surface area contributed by atoms with Crippen LogP contribution in [0.4, 0.5) is 0 Å². The first kappa shape index (κ1) is 4.49. The molecule has 2 aromatic heterocycles. The highest BCUT2D eigenvalue weighted by Crippen LogP contribution is 1.84. The highest BCUT2D eigenvalue weighted by molar-refractivity contribution is 5.24. The van der Waals surface area contributed by atoms with Gasteiger partial charge in [0.05, 0.1) is 0 Å². The minimum Gasteiger partial charge on any atom is -0.242 e. The highest BCUT2D eigenvalue weighted by Gasteiger charge is 1.96. The third-order valence-electron chi connectivity index (χ3n) is 1.17. The summed E-state index contributed by atoms with van der Waals surface area (Å²) < 4.78 is 1.72. The fourth-order valence-electron chi connectivity index (χ4n) is 0.763. The van der Waals surface area contributed by atoms with E-state index in [1.807, 2.05) is 18.5 Å². The lowest BCUT2D eigenvalue weighted by Gasteiger charge is -1.75. The molecule has 0 amide bonds. The number of H-pyrrole nitrogens is 1. The van der Waals surface area contributed by atoms with Gasteiger partial charge < -0.3 is 0 Å². The zero-order valence-corrected chi connectivity index (χ0v) is 4.70. The molecule has 0 bridgehead atoms. The van der Waals surface area contributed by atoms with Gasteiger partial charge in [-0.3, -0.25) is 0 Å². The molecule has 0 unspecified atom stereocenters. The Labute approximate surface area is 52.0 Å². The van der Waals surface area contributed by atoms with E-state index in [9.17, 15) is 0 Å². The second-order valence-electron chi connectivity index (χ2n) is 1.75. The van der Waals surface area contributed by atoms with E-state index < -0.39 is 0 Å². The lowest BCUT2D eigenvalue weighted by Crippen LogP contribution is -2.22. The second kappa shape index (κ2) is 1.55. The molecule has 9 heavy (non-hydrogen) atoms. The van der Waals surface area contributed by atoms with E-state index in [0.717, 1.165) is 5.65 Å². The van der Waals surface area contributed by atoms with Crippen molar-refractivity contribution in [3.05, 3.63) is 30.7 Å². The summed E-state index contributed by atoms with van der Waals surface area (Å²) in [5.74, 6) is 0. The smallest absolute Gasteiger partial charge is 0.242 e. The van der Waals surface area contributed by atoms with Gasteiger partial charge in [0, 0.05) is 6.07 Å². The minimum absolute atomic E-state index is 0.980. The van der Waals surface area contributed by atoms with Gasteiger partial charge in [0.25, 0.3) is 0 Å². The van der Waals surface area contributed by atoms with Crippen LogP contribution >= 0.6 is 0 Å². The summed E-state index contributed by atoms with van der Waals surface area (Å²) in [7, 11) is 0. The summed E-state index contributed by atoms with van der Waals surface area (Å²) in [6.07, 6.45) is 6.38. The standard InChI is InChI=1S/C6H4N3/c1-2-6-7-4-5-9(6)8-3-1/h1-2,4-5H/p+1. The molecule has 0 spiro atoms. The van der Waals surface area contributed by atoms with Crippen LogP contribution in [0.5, 0.6) is 0 Å². The van der Waals surface area contributed by atoms with Crippen molar-refractivity contribution in [2.24, 2.45) is 0 Å². The van der Waals surface area contributed by atoms with Gasteiger partial charge in [-0.25, -0.2) is 4.98 Å². The maximum Gasteiger partial charge on any atom is 0.304 e. The molecule has 0 saturated carbocycles. The molecule has 43 valence electrons. The Bertz CT molecular complexity index is 282. The predicted molar refractivity (Wildman–Crippen MR) is 30.6 cm³/mol. The molecule has 0 aliphatic carbocycles. The van der Waals surface area contributed by atoms with Crippen molar-refractivity contribution in [2.45, 2.75) is 0 Å². The van der Waals surface area contributed by atoms with Crippen molar-refractivity contribution in [2.75, 3.05) is 0 Å². The minimum atomic E-state index is 0.980. The second-order valence-corrected chi connectivity index (χ2v) is 1.75. The van der Waals surface area contributed by atoms with Gasteiger partial charge in [0.1, 0.15) is 12.4 Å². The fourth-order valence-corrected chi connectivity index (χ4v) is 0.763. The largest absolute Gasteiger partial charge is 0.304 e. The summed E-state index contributed by atoms with van der Waals surface area (Å²) in [5.41, 5.74) is 0.980. The summed E-state index contributed by atoms with van der Waals surface area (Å²) in [6, 6.07) is 3.68. The molecule has 2 aromatic rings. The van der Waals surface area contributed by atoms with Crippen LogP contribution in [-0.2, 0) is 0 Å². The first-order valence-corrected chi connectivity index (χ1v) is 2.69. The van der Waals surface area contributed by atoms with Crippen LogP contribution in [0.25, 0.3) is 5.65 Å². The molecular formula is C6H5N3+. The molecule has 0 aliphatic heterocycles. The normalized spacial score (nSPS) is 10.2. The molecule has 1 N–H and O–H groups in total. The van der Waals surface area contributed by atoms with E-state index in [1.165, 1.54) is 0 Å². The van der Waals surface area contributed by atoms with Crippen LogP contribution in [0.1, 0.15) is 0 Å². The van der Waals surface area contributed by atoms with Gasteiger partial charge in [-0.05, 0) is 6.07 Å². The Kier molecular flexibility index (Phi) is 0.773. The summed E-state index contributed by atoms with van der Waals surface area (Å²) in [4.78, 5) is 3.00. The van der Waals surface area contributed by atoms with Crippen LogP contribution in [0.2, 0.25) is 0 Å². The number of nitrogens with zero attached hydrogens (tertiary/aromatic N) is 2. The predicted octanol–water partition coefficient (Wildman–Crippen LogP) is -0.0514. The third-order valence-corrected chi connectivity index (χ3v) is 1.17. The zero-order valence-electron chi connectivity index (χ0n) is 4.70. The van der Waals surface area contributed by atoms with E-state index in [4.69, 9.17) is 0 Å². The third kappa shape index (κ3) is 0.579. The van der Waals surface area contributed by atoms with Crippen LogP contribution in [0, 0.1) is 6.20 Å². The molecule has 1 radical (unpaired) electrons. The van der Waals surface area contributed by atoms with Gasteiger partial charge in [-0.2, -0.15) is 0 Å². The Morgan fingerprint density at radius 3 is 3.56 bits per heavy atom. The lowest BCUT2D eigenvalue weighted by atomic mass is 10.6. The maximum atomic E-state index is 3.90. The molecule has 0 aromatic carbocycles. The number of aromatic amines is 1. The summed E-state index contributed by atoms with van der Waals surface area (Å²) in [5, 5.41) is 3.90. The van der Waals surface area contributed by atoms with Gasteiger partial charge in [-0.1, -0.05) is 5.10 Å². The van der Waals surface area contributed by atoms with E-state index in [0.29, 0.717) is 0 Å². The number of aromatic nitrogens is 3. The van der Waals surface area contributed by atoms with Gasteiger partial charge in [0.2, 0.25) is 0 Å². The number of hydrogen-bond acceptors (Lipinski definition) is 1. The SMILES string of the molecule is [c]1ccc2[nH]cc[n+]2n1. The first-order valence-electron chi connectivity index (χ1n) is 2.69. The molecular weight excluding hydrogens is 114 g/mol. The molecule has 0 aliphatic rings. The zero-order chi connectivity index (χ0) is 6.10. The number of rotatable bonds is 0. The Morgan fingerprint density at radius 2 is 2.67 bits per heavy atom. The average molecular weight is 119 g/mol. The molecule has 3 nitrogen and oxygen atoms in total. The Balaban J connectivity index is 2.95. The van der Waals surface area contributed by atoms with Crippen LogP contribution in [0.15, 0.2) is 24.5 Å². The molecule has 3 heteroatoms. The number of hydrogen-bond donors (Lipinski definition) is 1. The Morgan fingerprint density at radius 1 is 1.67 bits per heavy atom. The van der Waals surface area contributed by atoms with Crippen molar-refractivity contribution in [1.82, 2.24) is 10.1 Å². The van der Waals surface area contributed by atoms with Crippen LogP contribution in [0.3, 0.4) is 0 Å². The average Bonchev–Trinajstić information content (AvgIpc) is 2.33. The van der Waals surface area contributed by atoms with Crippen LogP contribution in [-0.4, -0.2) is 10.1 Å².